The molecule has 1 saturated heterocycles. The third-order valence-electron chi connectivity index (χ3n) is 3.34. The molecule has 0 aromatic heterocycles. The molecule has 19 heavy (non-hydrogen) atoms. The first-order chi connectivity index (χ1) is 9.13. The van der Waals surface area contributed by atoms with Crippen molar-refractivity contribution in [2.75, 3.05) is 25.0 Å². The number of nitrogens with two attached hydrogens (primary N) is 1. The van der Waals surface area contributed by atoms with Crippen molar-refractivity contribution >= 4 is 17.5 Å². The van der Waals surface area contributed by atoms with Crippen molar-refractivity contribution in [1.29, 1.82) is 0 Å². The lowest BCUT2D eigenvalue weighted by molar-refractivity contribution is -0.114. The van der Waals surface area contributed by atoms with Gasteiger partial charge in [-0.1, -0.05) is 12.1 Å². The van der Waals surface area contributed by atoms with Gasteiger partial charge in [-0.3, -0.25) is 9.59 Å². The van der Waals surface area contributed by atoms with Crippen LogP contribution in [-0.2, 0) is 4.79 Å². The summed E-state index contributed by atoms with van der Waals surface area (Å²) in [6.45, 7) is 3.36. The number of anilines is 1. The summed E-state index contributed by atoms with van der Waals surface area (Å²) in [4.78, 5) is 25.8. The number of aryl methyl sites for hydroxylation is 1. The van der Waals surface area contributed by atoms with Crippen LogP contribution in [0.15, 0.2) is 18.2 Å². The van der Waals surface area contributed by atoms with Gasteiger partial charge in [-0.05, 0) is 31.4 Å². The minimum absolute atomic E-state index is 0.0112. The molecule has 5 heteroatoms. The topological polar surface area (TPSA) is 75.4 Å². The number of carbonyl (C=O) groups is 2. The van der Waals surface area contributed by atoms with Crippen LogP contribution in [0, 0.1) is 6.92 Å². The summed E-state index contributed by atoms with van der Waals surface area (Å²) in [5, 5.41) is 2.69. The zero-order valence-corrected chi connectivity index (χ0v) is 11.1. The van der Waals surface area contributed by atoms with E-state index in [0.29, 0.717) is 11.3 Å². The van der Waals surface area contributed by atoms with Gasteiger partial charge in [-0.15, -0.1) is 0 Å². The van der Waals surface area contributed by atoms with Gasteiger partial charge in [-0.2, -0.15) is 0 Å². The first-order valence-corrected chi connectivity index (χ1v) is 6.52. The molecule has 0 radical (unpaired) electrons. The first-order valence-electron chi connectivity index (χ1n) is 6.52. The Labute approximate surface area is 112 Å². The van der Waals surface area contributed by atoms with E-state index < -0.39 is 0 Å². The Morgan fingerprint density at radius 3 is 2.63 bits per heavy atom. The lowest BCUT2D eigenvalue weighted by atomic mass is 10.0. The fraction of sp³-hybridized carbons (Fsp3) is 0.429. The highest BCUT2D eigenvalue weighted by atomic mass is 16.2. The SMILES string of the molecule is Cc1cccc(NC(=O)CN)c1C(=O)N1CCCC1. The van der Waals surface area contributed by atoms with Gasteiger partial charge in [0.15, 0.2) is 0 Å². The van der Waals surface area contributed by atoms with E-state index in [4.69, 9.17) is 5.73 Å². The highest BCUT2D eigenvalue weighted by molar-refractivity contribution is 6.05. The third-order valence-corrected chi connectivity index (χ3v) is 3.34. The van der Waals surface area contributed by atoms with Crippen LogP contribution in [0.25, 0.3) is 0 Å². The van der Waals surface area contributed by atoms with Gasteiger partial charge in [0.1, 0.15) is 0 Å². The molecule has 1 aliphatic rings. The molecule has 3 N–H and O–H groups in total. The van der Waals surface area contributed by atoms with Crippen LogP contribution >= 0.6 is 0 Å². The maximum absolute atomic E-state index is 12.5. The van der Waals surface area contributed by atoms with Crippen molar-refractivity contribution < 1.29 is 9.59 Å². The molecular weight excluding hydrogens is 242 g/mol. The van der Waals surface area contributed by atoms with E-state index in [2.05, 4.69) is 5.32 Å². The molecule has 1 aromatic rings. The monoisotopic (exact) mass is 261 g/mol. The van der Waals surface area contributed by atoms with Gasteiger partial charge < -0.3 is 16.0 Å². The summed E-state index contributed by atoms with van der Waals surface area (Å²) < 4.78 is 0. The van der Waals surface area contributed by atoms with E-state index in [0.717, 1.165) is 31.5 Å². The molecule has 2 rings (SSSR count). The molecule has 1 aromatic carbocycles. The number of hydrogen-bond donors (Lipinski definition) is 2. The number of carbonyl (C=O) groups excluding carboxylic acids is 2. The minimum Gasteiger partial charge on any atom is -0.339 e. The second kappa shape index (κ2) is 5.84. The first kappa shape index (κ1) is 13.5. The summed E-state index contributed by atoms with van der Waals surface area (Å²) in [6.07, 6.45) is 2.09. The average Bonchev–Trinajstić information content (AvgIpc) is 2.92. The Balaban J connectivity index is 2.31. The quantitative estimate of drug-likeness (QED) is 0.856. The molecule has 0 bridgehead atoms. The smallest absolute Gasteiger partial charge is 0.256 e. The van der Waals surface area contributed by atoms with Crippen LogP contribution in [0.5, 0.6) is 0 Å². The van der Waals surface area contributed by atoms with Gasteiger partial charge in [0.25, 0.3) is 5.91 Å². The fourth-order valence-electron chi connectivity index (χ4n) is 2.34. The zero-order chi connectivity index (χ0) is 13.8. The molecule has 2 amide bonds. The summed E-state index contributed by atoms with van der Waals surface area (Å²) >= 11 is 0. The van der Waals surface area contributed by atoms with E-state index in [-0.39, 0.29) is 18.4 Å². The molecule has 0 atom stereocenters. The predicted octanol–water partition coefficient (Wildman–Crippen LogP) is 1.13. The normalized spacial score (nSPS) is 14.5. The van der Waals surface area contributed by atoms with E-state index in [1.807, 2.05) is 24.0 Å². The fourth-order valence-corrected chi connectivity index (χ4v) is 2.34. The Morgan fingerprint density at radius 1 is 1.32 bits per heavy atom. The summed E-state index contributed by atoms with van der Waals surface area (Å²) in [5.41, 5.74) is 7.29. The number of rotatable bonds is 3. The van der Waals surface area contributed by atoms with E-state index in [9.17, 15) is 9.59 Å². The Morgan fingerprint density at radius 2 is 2.00 bits per heavy atom. The molecule has 102 valence electrons. The van der Waals surface area contributed by atoms with Crippen LogP contribution < -0.4 is 11.1 Å². The predicted molar refractivity (Wildman–Crippen MR) is 74.0 cm³/mol. The van der Waals surface area contributed by atoms with Crippen molar-refractivity contribution in [2.24, 2.45) is 5.73 Å². The lowest BCUT2D eigenvalue weighted by Crippen LogP contribution is -2.30. The van der Waals surface area contributed by atoms with Gasteiger partial charge in [0.05, 0.1) is 17.8 Å². The highest BCUT2D eigenvalue weighted by Gasteiger charge is 2.23. The average molecular weight is 261 g/mol. The zero-order valence-electron chi connectivity index (χ0n) is 11.1. The number of likely N-dealkylation sites (tertiary alicyclic amines) is 1. The largest absolute Gasteiger partial charge is 0.339 e. The number of hydrogen-bond acceptors (Lipinski definition) is 3. The molecule has 1 aliphatic heterocycles. The molecule has 1 heterocycles. The van der Waals surface area contributed by atoms with Crippen molar-refractivity contribution in [3.05, 3.63) is 29.3 Å². The third kappa shape index (κ3) is 2.93. The van der Waals surface area contributed by atoms with Crippen molar-refractivity contribution in [3.8, 4) is 0 Å². The summed E-state index contributed by atoms with van der Waals surface area (Å²) in [6, 6.07) is 5.44. The molecular formula is C14H19N3O2. The molecule has 0 unspecified atom stereocenters. The van der Waals surface area contributed by atoms with Crippen LogP contribution in [0.4, 0.5) is 5.69 Å². The number of benzene rings is 1. The van der Waals surface area contributed by atoms with Gasteiger partial charge in [0.2, 0.25) is 5.91 Å². The van der Waals surface area contributed by atoms with Gasteiger partial charge >= 0.3 is 0 Å². The summed E-state index contributed by atoms with van der Waals surface area (Å²) in [7, 11) is 0. The number of nitrogens with zero attached hydrogens (tertiary/aromatic N) is 1. The van der Waals surface area contributed by atoms with Crippen molar-refractivity contribution in [1.82, 2.24) is 4.90 Å². The molecule has 5 nitrogen and oxygen atoms in total. The van der Waals surface area contributed by atoms with Crippen LogP contribution in [0.1, 0.15) is 28.8 Å². The molecule has 0 saturated carbocycles. The van der Waals surface area contributed by atoms with Gasteiger partial charge in [0, 0.05) is 13.1 Å². The van der Waals surface area contributed by atoms with E-state index >= 15 is 0 Å². The Hall–Kier alpha value is -1.88. The Kier molecular flexibility index (Phi) is 4.16. The lowest BCUT2D eigenvalue weighted by Gasteiger charge is -2.19. The van der Waals surface area contributed by atoms with Gasteiger partial charge in [-0.25, -0.2) is 0 Å². The highest BCUT2D eigenvalue weighted by Crippen LogP contribution is 2.23. The molecule has 0 aliphatic carbocycles. The van der Waals surface area contributed by atoms with Crippen LogP contribution in [-0.4, -0.2) is 36.3 Å². The van der Waals surface area contributed by atoms with E-state index in [1.54, 1.807) is 6.07 Å². The summed E-state index contributed by atoms with van der Waals surface area (Å²) in [5.74, 6) is -0.302. The van der Waals surface area contributed by atoms with Crippen LogP contribution in [0.2, 0.25) is 0 Å². The maximum Gasteiger partial charge on any atom is 0.256 e. The molecule has 1 fully saturated rings. The van der Waals surface area contributed by atoms with E-state index in [1.165, 1.54) is 0 Å². The molecule has 0 spiro atoms. The standard InChI is InChI=1S/C14H19N3O2/c1-10-5-4-6-11(16-12(18)9-15)13(10)14(19)17-7-2-3-8-17/h4-6H,2-3,7-9,15H2,1H3,(H,16,18). The minimum atomic E-state index is -0.291. The van der Waals surface area contributed by atoms with Crippen molar-refractivity contribution in [3.63, 3.8) is 0 Å². The van der Waals surface area contributed by atoms with Crippen molar-refractivity contribution in [2.45, 2.75) is 19.8 Å². The maximum atomic E-state index is 12.5. The number of amides is 2. The van der Waals surface area contributed by atoms with Crippen LogP contribution in [0.3, 0.4) is 0 Å². The second-order valence-electron chi connectivity index (χ2n) is 4.75. The Bertz CT molecular complexity index is 493. The second-order valence-corrected chi connectivity index (χ2v) is 4.75. The number of nitrogens with one attached hydrogen (secondary N) is 1.